The van der Waals surface area contributed by atoms with Crippen molar-refractivity contribution in [1.29, 1.82) is 0 Å². The molecule has 0 aliphatic carbocycles. The van der Waals surface area contributed by atoms with Crippen LogP contribution in [-0.2, 0) is 6.54 Å². The Morgan fingerprint density at radius 1 is 1.62 bits per heavy atom. The molecular formula is C12H20N4. The molecule has 0 aromatic carbocycles. The molecule has 0 saturated heterocycles. The Hall–Kier alpha value is -1.58. The predicted octanol–water partition coefficient (Wildman–Crippen LogP) is 1.59. The average Bonchev–Trinajstić information content (AvgIpc) is 2.28. The van der Waals surface area contributed by atoms with Gasteiger partial charge in [0, 0.05) is 12.2 Å². The summed E-state index contributed by atoms with van der Waals surface area (Å²) in [5.41, 5.74) is 7.87. The summed E-state index contributed by atoms with van der Waals surface area (Å²) in [5, 5.41) is 3.12. The molecule has 0 fully saturated rings. The Labute approximate surface area is 97.0 Å². The number of guanidine groups is 1. The van der Waals surface area contributed by atoms with Crippen LogP contribution in [0.3, 0.4) is 0 Å². The van der Waals surface area contributed by atoms with Gasteiger partial charge in [0.25, 0.3) is 0 Å². The smallest absolute Gasteiger partial charge is 0.189 e. The van der Waals surface area contributed by atoms with Gasteiger partial charge in [-0.15, -0.1) is 0 Å². The van der Waals surface area contributed by atoms with Gasteiger partial charge in [-0.25, -0.2) is 4.99 Å². The standard InChI is InChI=1S/C12H20N4/c1-4-10(3)16-12(13)15-8-11-9(2)6-5-7-14-11/h5-7,10H,4,8H2,1-3H3,(H3,13,15,16). The van der Waals surface area contributed by atoms with E-state index in [0.717, 1.165) is 17.7 Å². The zero-order valence-corrected chi connectivity index (χ0v) is 10.2. The number of nitrogens with one attached hydrogen (secondary N) is 1. The predicted molar refractivity (Wildman–Crippen MR) is 67.2 cm³/mol. The second-order valence-corrected chi connectivity index (χ2v) is 3.92. The molecule has 0 aliphatic rings. The highest BCUT2D eigenvalue weighted by Crippen LogP contribution is 2.03. The molecule has 0 radical (unpaired) electrons. The Morgan fingerprint density at radius 2 is 2.38 bits per heavy atom. The van der Waals surface area contributed by atoms with E-state index in [1.54, 1.807) is 6.20 Å². The Balaban J connectivity index is 2.56. The van der Waals surface area contributed by atoms with Gasteiger partial charge in [0.05, 0.1) is 12.2 Å². The van der Waals surface area contributed by atoms with Crippen molar-refractivity contribution in [3.8, 4) is 0 Å². The molecule has 3 N–H and O–H groups in total. The molecule has 1 rings (SSSR count). The molecule has 1 aromatic rings. The van der Waals surface area contributed by atoms with Crippen LogP contribution in [0.5, 0.6) is 0 Å². The van der Waals surface area contributed by atoms with Gasteiger partial charge < -0.3 is 11.1 Å². The van der Waals surface area contributed by atoms with Crippen LogP contribution in [0.15, 0.2) is 23.3 Å². The maximum atomic E-state index is 5.76. The fourth-order valence-corrected chi connectivity index (χ4v) is 1.24. The second kappa shape index (κ2) is 6.10. The van der Waals surface area contributed by atoms with Crippen LogP contribution in [0.25, 0.3) is 0 Å². The fraction of sp³-hybridized carbons (Fsp3) is 0.500. The number of pyridine rings is 1. The zero-order chi connectivity index (χ0) is 12.0. The highest BCUT2D eigenvalue weighted by atomic mass is 15.1. The van der Waals surface area contributed by atoms with Gasteiger partial charge in [-0.2, -0.15) is 0 Å². The first-order chi connectivity index (χ1) is 7.63. The summed E-state index contributed by atoms with van der Waals surface area (Å²) >= 11 is 0. The third-order valence-corrected chi connectivity index (χ3v) is 2.52. The topological polar surface area (TPSA) is 63.3 Å². The molecule has 0 aliphatic heterocycles. The molecule has 88 valence electrons. The second-order valence-electron chi connectivity index (χ2n) is 3.92. The van der Waals surface area contributed by atoms with Crippen LogP contribution < -0.4 is 11.1 Å². The van der Waals surface area contributed by atoms with Gasteiger partial charge in [0.1, 0.15) is 0 Å². The van der Waals surface area contributed by atoms with Crippen LogP contribution in [0, 0.1) is 6.92 Å². The van der Waals surface area contributed by atoms with E-state index in [1.807, 2.05) is 19.1 Å². The lowest BCUT2D eigenvalue weighted by Gasteiger charge is -2.11. The van der Waals surface area contributed by atoms with Crippen LogP contribution in [-0.4, -0.2) is 17.0 Å². The molecule has 4 heteroatoms. The molecule has 0 spiro atoms. The summed E-state index contributed by atoms with van der Waals surface area (Å²) in [6.45, 7) is 6.74. The SMILES string of the molecule is CCC(C)NC(N)=NCc1ncccc1C. The molecule has 1 atom stereocenters. The highest BCUT2D eigenvalue weighted by molar-refractivity contribution is 5.78. The number of nitrogens with zero attached hydrogens (tertiary/aromatic N) is 2. The van der Waals surface area contributed by atoms with Crippen molar-refractivity contribution in [3.63, 3.8) is 0 Å². The minimum Gasteiger partial charge on any atom is -0.370 e. The van der Waals surface area contributed by atoms with Gasteiger partial charge in [0.2, 0.25) is 0 Å². The Morgan fingerprint density at radius 3 is 3.00 bits per heavy atom. The summed E-state index contributed by atoms with van der Waals surface area (Å²) in [5.74, 6) is 0.486. The van der Waals surface area contributed by atoms with Gasteiger partial charge in [0.15, 0.2) is 5.96 Å². The lowest BCUT2D eigenvalue weighted by Crippen LogP contribution is -2.38. The van der Waals surface area contributed by atoms with E-state index < -0.39 is 0 Å². The van der Waals surface area contributed by atoms with Gasteiger partial charge >= 0.3 is 0 Å². The largest absolute Gasteiger partial charge is 0.370 e. The zero-order valence-electron chi connectivity index (χ0n) is 10.2. The number of aromatic nitrogens is 1. The monoisotopic (exact) mass is 220 g/mol. The van der Waals surface area contributed by atoms with Crippen molar-refractivity contribution in [2.75, 3.05) is 0 Å². The van der Waals surface area contributed by atoms with E-state index in [1.165, 1.54) is 0 Å². The summed E-state index contributed by atoms with van der Waals surface area (Å²) in [7, 11) is 0. The van der Waals surface area contributed by atoms with Crippen LogP contribution in [0.4, 0.5) is 0 Å². The normalized spacial score (nSPS) is 13.6. The van der Waals surface area contributed by atoms with E-state index in [-0.39, 0.29) is 0 Å². The van der Waals surface area contributed by atoms with Crippen molar-refractivity contribution in [1.82, 2.24) is 10.3 Å². The molecule has 0 saturated carbocycles. The van der Waals surface area contributed by atoms with E-state index in [9.17, 15) is 0 Å². The molecule has 0 amide bonds. The number of aryl methyl sites for hydroxylation is 1. The Kier molecular flexibility index (Phi) is 4.76. The summed E-state index contributed by atoms with van der Waals surface area (Å²) in [6.07, 6.45) is 2.80. The number of hydrogen-bond donors (Lipinski definition) is 2. The minimum absolute atomic E-state index is 0.355. The van der Waals surface area contributed by atoms with E-state index in [0.29, 0.717) is 18.5 Å². The van der Waals surface area contributed by atoms with Crippen LogP contribution in [0.2, 0.25) is 0 Å². The summed E-state index contributed by atoms with van der Waals surface area (Å²) in [6, 6.07) is 4.30. The first-order valence-electron chi connectivity index (χ1n) is 5.60. The van der Waals surface area contributed by atoms with E-state index in [2.05, 4.69) is 29.1 Å². The van der Waals surface area contributed by atoms with E-state index in [4.69, 9.17) is 5.73 Å². The molecule has 0 bridgehead atoms. The molecule has 16 heavy (non-hydrogen) atoms. The first-order valence-corrected chi connectivity index (χ1v) is 5.60. The maximum absolute atomic E-state index is 5.76. The van der Waals surface area contributed by atoms with Crippen LogP contribution >= 0.6 is 0 Å². The average molecular weight is 220 g/mol. The lowest BCUT2D eigenvalue weighted by molar-refractivity contribution is 0.636. The van der Waals surface area contributed by atoms with Crippen molar-refractivity contribution in [2.45, 2.75) is 39.8 Å². The van der Waals surface area contributed by atoms with E-state index >= 15 is 0 Å². The molecule has 4 nitrogen and oxygen atoms in total. The van der Waals surface area contributed by atoms with Crippen LogP contribution in [0.1, 0.15) is 31.5 Å². The maximum Gasteiger partial charge on any atom is 0.189 e. The molecule has 1 aromatic heterocycles. The lowest BCUT2D eigenvalue weighted by atomic mass is 10.2. The highest BCUT2D eigenvalue weighted by Gasteiger charge is 2.00. The number of rotatable bonds is 4. The summed E-state index contributed by atoms with van der Waals surface area (Å²) < 4.78 is 0. The Bertz CT molecular complexity index is 360. The molecule has 1 unspecified atom stereocenters. The third kappa shape index (κ3) is 3.88. The van der Waals surface area contributed by atoms with Crippen molar-refractivity contribution >= 4 is 5.96 Å². The number of nitrogens with two attached hydrogens (primary N) is 1. The minimum atomic E-state index is 0.355. The fourth-order valence-electron chi connectivity index (χ4n) is 1.24. The molecule has 1 heterocycles. The van der Waals surface area contributed by atoms with Gasteiger partial charge in [-0.05, 0) is 31.9 Å². The number of hydrogen-bond acceptors (Lipinski definition) is 2. The third-order valence-electron chi connectivity index (χ3n) is 2.52. The quantitative estimate of drug-likeness (QED) is 0.598. The first kappa shape index (κ1) is 12.5. The summed E-state index contributed by atoms with van der Waals surface area (Å²) in [4.78, 5) is 8.52. The molecular weight excluding hydrogens is 200 g/mol. The number of aliphatic imine (C=N–C) groups is 1. The van der Waals surface area contributed by atoms with Gasteiger partial charge in [-0.3, -0.25) is 4.98 Å². The van der Waals surface area contributed by atoms with Crippen molar-refractivity contribution in [2.24, 2.45) is 10.7 Å². The van der Waals surface area contributed by atoms with Crippen molar-refractivity contribution in [3.05, 3.63) is 29.6 Å². The van der Waals surface area contributed by atoms with Crippen molar-refractivity contribution < 1.29 is 0 Å². The van der Waals surface area contributed by atoms with Gasteiger partial charge in [-0.1, -0.05) is 13.0 Å².